The molecule has 0 bridgehead atoms. The fourth-order valence-electron chi connectivity index (χ4n) is 1.07. The molecule has 0 aromatic carbocycles. The molecule has 0 saturated carbocycles. The Balaban J connectivity index is 3.26. The number of alkyl halides is 3. The van der Waals surface area contributed by atoms with E-state index in [0.29, 0.717) is 0 Å². The average Bonchev–Trinajstić information content (AvgIpc) is 2.17. The normalized spacial score (nSPS) is 11.3. The van der Waals surface area contributed by atoms with E-state index >= 15 is 0 Å². The zero-order valence-electron chi connectivity index (χ0n) is 8.28. The van der Waals surface area contributed by atoms with Crippen molar-refractivity contribution in [2.45, 2.75) is 12.9 Å². The SMILES string of the molecule is NCc1cc(N)c(C(=O)O)nc1OC(F)(F)F. The number of nitrogen functional groups attached to an aromatic ring is 1. The quantitative estimate of drug-likeness (QED) is 0.729. The van der Waals surface area contributed by atoms with Crippen molar-refractivity contribution in [1.82, 2.24) is 4.98 Å². The predicted octanol–water partition coefficient (Wildman–Crippen LogP) is 0.719. The van der Waals surface area contributed by atoms with Crippen LogP contribution in [-0.2, 0) is 6.54 Å². The third-order valence-electron chi connectivity index (χ3n) is 1.73. The first-order chi connectivity index (χ1) is 7.74. The lowest BCUT2D eigenvalue weighted by Crippen LogP contribution is -2.21. The van der Waals surface area contributed by atoms with Crippen LogP contribution in [-0.4, -0.2) is 22.4 Å². The second-order valence-electron chi connectivity index (χ2n) is 2.95. The van der Waals surface area contributed by atoms with Crippen LogP contribution in [0.25, 0.3) is 0 Å². The Morgan fingerprint density at radius 2 is 2.12 bits per heavy atom. The minimum absolute atomic E-state index is 0.134. The zero-order chi connectivity index (χ0) is 13.2. The fourth-order valence-corrected chi connectivity index (χ4v) is 1.07. The monoisotopic (exact) mass is 251 g/mol. The van der Waals surface area contributed by atoms with E-state index in [1.807, 2.05) is 0 Å². The molecule has 0 unspecified atom stereocenters. The molecule has 1 rings (SSSR count). The molecule has 17 heavy (non-hydrogen) atoms. The Bertz CT molecular complexity index is 448. The summed E-state index contributed by atoms with van der Waals surface area (Å²) in [5.41, 5.74) is 9.33. The number of hydrogen-bond donors (Lipinski definition) is 3. The highest BCUT2D eigenvalue weighted by Gasteiger charge is 2.33. The van der Waals surface area contributed by atoms with Gasteiger partial charge in [0.25, 0.3) is 0 Å². The molecule has 5 N–H and O–H groups in total. The first-order valence-electron chi connectivity index (χ1n) is 4.23. The number of rotatable bonds is 3. The van der Waals surface area contributed by atoms with Crippen molar-refractivity contribution >= 4 is 11.7 Å². The number of carboxylic acids is 1. The van der Waals surface area contributed by atoms with Gasteiger partial charge in [-0.3, -0.25) is 0 Å². The van der Waals surface area contributed by atoms with Gasteiger partial charge in [0.2, 0.25) is 5.88 Å². The molecule has 6 nitrogen and oxygen atoms in total. The Morgan fingerprint density at radius 1 is 1.53 bits per heavy atom. The number of halogens is 3. The van der Waals surface area contributed by atoms with Gasteiger partial charge in [-0.15, -0.1) is 13.2 Å². The molecule has 0 radical (unpaired) electrons. The van der Waals surface area contributed by atoms with E-state index in [1.165, 1.54) is 0 Å². The van der Waals surface area contributed by atoms with Crippen molar-refractivity contribution in [3.05, 3.63) is 17.3 Å². The number of hydrogen-bond acceptors (Lipinski definition) is 5. The van der Waals surface area contributed by atoms with Crippen LogP contribution in [0.4, 0.5) is 18.9 Å². The highest BCUT2D eigenvalue weighted by molar-refractivity contribution is 5.91. The van der Waals surface area contributed by atoms with Gasteiger partial charge in [-0.2, -0.15) is 0 Å². The molecule has 1 aromatic rings. The molecular formula is C8H8F3N3O3. The number of carbonyl (C=O) groups is 1. The summed E-state index contributed by atoms with van der Waals surface area (Å²) in [5.74, 6) is -2.47. The van der Waals surface area contributed by atoms with Crippen molar-refractivity contribution in [1.29, 1.82) is 0 Å². The molecule has 9 heteroatoms. The molecule has 0 aliphatic rings. The van der Waals surface area contributed by atoms with E-state index in [4.69, 9.17) is 16.6 Å². The van der Waals surface area contributed by atoms with Crippen molar-refractivity contribution in [3.63, 3.8) is 0 Å². The molecule has 0 spiro atoms. The summed E-state index contributed by atoms with van der Waals surface area (Å²) in [6.45, 7) is -0.317. The average molecular weight is 251 g/mol. The molecule has 0 saturated heterocycles. The Kier molecular flexibility index (Phi) is 3.42. The molecule has 0 atom stereocenters. The van der Waals surface area contributed by atoms with Crippen molar-refractivity contribution in [2.75, 3.05) is 5.73 Å². The molecule has 0 aliphatic carbocycles. The Morgan fingerprint density at radius 3 is 2.53 bits per heavy atom. The van der Waals surface area contributed by atoms with Gasteiger partial charge < -0.3 is 21.3 Å². The smallest absolute Gasteiger partial charge is 0.476 e. The van der Waals surface area contributed by atoms with Gasteiger partial charge in [0.1, 0.15) is 0 Å². The molecule has 1 heterocycles. The molecular weight excluding hydrogens is 243 g/mol. The lowest BCUT2D eigenvalue weighted by Gasteiger charge is -2.12. The van der Waals surface area contributed by atoms with Crippen molar-refractivity contribution in [2.24, 2.45) is 5.73 Å². The second-order valence-corrected chi connectivity index (χ2v) is 2.95. The van der Waals surface area contributed by atoms with Crippen LogP contribution in [0.2, 0.25) is 0 Å². The van der Waals surface area contributed by atoms with Gasteiger partial charge in [-0.25, -0.2) is 9.78 Å². The standard InChI is InChI=1S/C8H8F3N3O3/c9-8(10,11)17-6-3(2-12)1-4(13)5(14-6)7(15)16/h1H,2,12-13H2,(H,15,16). The maximum atomic E-state index is 12.0. The summed E-state index contributed by atoms with van der Waals surface area (Å²) < 4.78 is 39.6. The highest BCUT2D eigenvalue weighted by atomic mass is 19.4. The van der Waals surface area contributed by atoms with Gasteiger partial charge in [0.05, 0.1) is 5.69 Å². The second kappa shape index (κ2) is 4.45. The number of ether oxygens (including phenoxy) is 1. The first-order valence-corrected chi connectivity index (χ1v) is 4.23. The molecule has 0 fully saturated rings. The lowest BCUT2D eigenvalue weighted by molar-refractivity contribution is -0.276. The van der Waals surface area contributed by atoms with Crippen LogP contribution in [0.5, 0.6) is 5.88 Å². The third kappa shape index (κ3) is 3.21. The first kappa shape index (κ1) is 13.0. The third-order valence-corrected chi connectivity index (χ3v) is 1.73. The zero-order valence-corrected chi connectivity index (χ0v) is 8.28. The largest absolute Gasteiger partial charge is 0.574 e. The molecule has 94 valence electrons. The molecule has 0 amide bonds. The van der Waals surface area contributed by atoms with Gasteiger partial charge in [-0.05, 0) is 6.07 Å². The predicted molar refractivity (Wildman–Crippen MR) is 50.2 cm³/mol. The van der Waals surface area contributed by atoms with E-state index in [1.54, 1.807) is 0 Å². The summed E-state index contributed by atoms with van der Waals surface area (Å²) in [6, 6.07) is 0.984. The van der Waals surface area contributed by atoms with Crippen LogP contribution >= 0.6 is 0 Å². The summed E-state index contributed by atoms with van der Waals surface area (Å²) in [5, 5.41) is 8.64. The Hall–Kier alpha value is -2.03. The summed E-state index contributed by atoms with van der Waals surface area (Å²) in [6.07, 6.45) is -4.98. The van der Waals surface area contributed by atoms with Crippen LogP contribution in [0.1, 0.15) is 16.1 Å². The molecule has 1 aromatic heterocycles. The van der Waals surface area contributed by atoms with Gasteiger partial charge in [-0.1, -0.05) is 0 Å². The fraction of sp³-hybridized carbons (Fsp3) is 0.250. The van der Waals surface area contributed by atoms with Gasteiger partial charge in [0, 0.05) is 12.1 Å². The number of aromatic nitrogens is 1. The molecule has 0 aliphatic heterocycles. The number of aromatic carboxylic acids is 1. The minimum Gasteiger partial charge on any atom is -0.476 e. The maximum Gasteiger partial charge on any atom is 0.574 e. The van der Waals surface area contributed by atoms with Crippen LogP contribution in [0.3, 0.4) is 0 Å². The summed E-state index contributed by atoms with van der Waals surface area (Å²) in [4.78, 5) is 13.8. The number of pyridine rings is 1. The Labute approximate surface area is 93.0 Å². The van der Waals surface area contributed by atoms with Crippen molar-refractivity contribution in [3.8, 4) is 5.88 Å². The minimum atomic E-state index is -4.98. The summed E-state index contributed by atoms with van der Waals surface area (Å²) >= 11 is 0. The topological polar surface area (TPSA) is 111 Å². The maximum absolute atomic E-state index is 12.0. The van der Waals surface area contributed by atoms with Crippen molar-refractivity contribution < 1.29 is 27.8 Å². The lowest BCUT2D eigenvalue weighted by atomic mass is 10.2. The number of anilines is 1. The van der Waals surface area contributed by atoms with Crippen LogP contribution in [0.15, 0.2) is 6.07 Å². The van der Waals surface area contributed by atoms with E-state index < -0.39 is 23.9 Å². The highest BCUT2D eigenvalue weighted by Crippen LogP contribution is 2.27. The van der Waals surface area contributed by atoms with Gasteiger partial charge in [0.15, 0.2) is 5.69 Å². The number of nitrogens with two attached hydrogens (primary N) is 2. The summed E-state index contributed by atoms with van der Waals surface area (Å²) in [7, 11) is 0. The number of nitrogens with zero attached hydrogens (tertiary/aromatic N) is 1. The van der Waals surface area contributed by atoms with Crippen LogP contribution < -0.4 is 16.2 Å². The van der Waals surface area contributed by atoms with E-state index in [2.05, 4.69) is 9.72 Å². The van der Waals surface area contributed by atoms with E-state index in [9.17, 15) is 18.0 Å². The van der Waals surface area contributed by atoms with E-state index in [-0.39, 0.29) is 17.8 Å². The van der Waals surface area contributed by atoms with E-state index in [0.717, 1.165) is 6.07 Å². The number of carboxylic acid groups (broad SMARTS) is 1. The van der Waals surface area contributed by atoms with Gasteiger partial charge >= 0.3 is 12.3 Å². The van der Waals surface area contributed by atoms with Crippen LogP contribution in [0, 0.1) is 0 Å².